The van der Waals surface area contributed by atoms with Gasteiger partial charge in [0.1, 0.15) is 11.4 Å². The van der Waals surface area contributed by atoms with Crippen LogP contribution in [0, 0.1) is 0 Å². The second kappa shape index (κ2) is 5.52. The van der Waals surface area contributed by atoms with Crippen molar-refractivity contribution in [2.75, 3.05) is 0 Å². The smallest absolute Gasteiger partial charge is 0.455 e. The first-order chi connectivity index (χ1) is 7.96. The Morgan fingerprint density at radius 3 is 2.76 bits per heavy atom. The normalized spacial score (nSPS) is 11.0. The lowest BCUT2D eigenvalue weighted by molar-refractivity contribution is -0.0235. The van der Waals surface area contributed by atoms with E-state index in [9.17, 15) is 9.59 Å². The highest BCUT2D eigenvalue weighted by Gasteiger charge is 2.21. The average Bonchev–Trinajstić information content (AvgIpc) is 2.74. The van der Waals surface area contributed by atoms with E-state index in [0.29, 0.717) is 18.5 Å². The van der Waals surface area contributed by atoms with E-state index in [1.54, 1.807) is 19.9 Å². The molecule has 0 unspecified atom stereocenters. The van der Waals surface area contributed by atoms with Gasteiger partial charge >= 0.3 is 6.16 Å². The number of ether oxygens (including phenoxy) is 2. The molecule has 0 saturated carbocycles. The second-order valence-corrected chi connectivity index (χ2v) is 4.18. The molecule has 0 aliphatic rings. The Balaban J connectivity index is 0.00000289. The van der Waals surface area contributed by atoms with Gasteiger partial charge in [0.15, 0.2) is 18.7 Å². The number of aldehydes is 1. The molecule has 1 aromatic rings. The molecule has 0 bridgehead atoms. The van der Waals surface area contributed by atoms with Gasteiger partial charge in [-0.2, -0.15) is 0 Å². The first-order valence-electron chi connectivity index (χ1n) is 5.36. The lowest BCUT2D eigenvalue weighted by Crippen LogP contribution is -2.27. The van der Waals surface area contributed by atoms with Crippen molar-refractivity contribution in [3.63, 3.8) is 0 Å². The summed E-state index contributed by atoms with van der Waals surface area (Å²) in [5.74, 6) is 0.601. The third-order valence-corrected chi connectivity index (χ3v) is 2.34. The van der Waals surface area contributed by atoms with Crippen LogP contribution in [0.25, 0.3) is 0 Å². The molecule has 5 nitrogen and oxygen atoms in total. The molecule has 0 saturated heterocycles. The maximum atomic E-state index is 11.3. The minimum Gasteiger partial charge on any atom is -0.455 e. The number of rotatable bonds is 5. The molecule has 1 rings (SSSR count). The van der Waals surface area contributed by atoms with Crippen molar-refractivity contribution in [1.29, 1.82) is 0 Å². The van der Waals surface area contributed by atoms with Gasteiger partial charge in [0.25, 0.3) is 0 Å². The van der Waals surface area contributed by atoms with E-state index in [0.717, 1.165) is 0 Å². The number of hydrogen-bond acceptors (Lipinski definition) is 5. The van der Waals surface area contributed by atoms with Crippen molar-refractivity contribution in [2.24, 2.45) is 0 Å². The maximum absolute atomic E-state index is 11.3. The van der Waals surface area contributed by atoms with Gasteiger partial charge in [-0.25, -0.2) is 4.79 Å². The highest BCUT2D eigenvalue weighted by atomic mass is 16.7. The van der Waals surface area contributed by atoms with E-state index in [-0.39, 0.29) is 13.8 Å². The zero-order valence-corrected chi connectivity index (χ0v) is 10.2. The maximum Gasteiger partial charge on any atom is 0.509 e. The van der Waals surface area contributed by atoms with Crippen molar-refractivity contribution in [3.8, 4) is 0 Å². The van der Waals surface area contributed by atoms with E-state index < -0.39 is 11.8 Å². The highest BCUT2D eigenvalue weighted by Crippen LogP contribution is 2.15. The van der Waals surface area contributed by atoms with Gasteiger partial charge in [0.05, 0.1) is 0 Å². The van der Waals surface area contributed by atoms with Crippen LogP contribution in [-0.4, -0.2) is 18.0 Å². The molecule has 0 aliphatic heterocycles. The average molecular weight is 242 g/mol. The Hall–Kier alpha value is -1.78. The van der Waals surface area contributed by atoms with Gasteiger partial charge in [-0.15, -0.1) is 0 Å². The Labute approximate surface area is 101 Å². The lowest BCUT2D eigenvalue weighted by atomic mass is 10.1. The summed E-state index contributed by atoms with van der Waals surface area (Å²) in [6.07, 6.45) is 0.529. The lowest BCUT2D eigenvalue weighted by Gasteiger charge is -2.22. The summed E-state index contributed by atoms with van der Waals surface area (Å²) in [5.41, 5.74) is -0.547. The predicted molar refractivity (Wildman–Crippen MR) is 61.8 cm³/mol. The molecule has 96 valence electrons. The molecule has 0 aromatic carbocycles. The standard InChI is InChI=1S/C12H16O5.H2/c1-4-12(2,3)17-11(14)15-8-10-6-5-9(7-13)16-10;/h5-7H,4,8H2,1-3H3;1H. The molecule has 0 spiro atoms. The van der Waals surface area contributed by atoms with Gasteiger partial charge < -0.3 is 13.9 Å². The van der Waals surface area contributed by atoms with Gasteiger partial charge in [-0.3, -0.25) is 4.79 Å². The number of hydrogen-bond donors (Lipinski definition) is 0. The summed E-state index contributed by atoms with van der Waals surface area (Å²) >= 11 is 0. The fourth-order valence-corrected chi connectivity index (χ4v) is 0.993. The molecule has 0 atom stereocenters. The van der Waals surface area contributed by atoms with E-state index in [1.165, 1.54) is 6.07 Å². The molecular formula is C12H18O5. The first kappa shape index (κ1) is 13.3. The van der Waals surface area contributed by atoms with E-state index in [2.05, 4.69) is 0 Å². The fraction of sp³-hybridized carbons (Fsp3) is 0.500. The van der Waals surface area contributed by atoms with E-state index in [1.807, 2.05) is 6.92 Å². The van der Waals surface area contributed by atoms with Crippen LogP contribution in [0.5, 0.6) is 0 Å². The van der Waals surface area contributed by atoms with Crippen molar-refractivity contribution >= 4 is 12.4 Å². The van der Waals surface area contributed by atoms with E-state index in [4.69, 9.17) is 13.9 Å². The van der Waals surface area contributed by atoms with Gasteiger partial charge in [-0.1, -0.05) is 6.92 Å². The van der Waals surface area contributed by atoms with Gasteiger partial charge in [-0.05, 0) is 32.4 Å². The van der Waals surface area contributed by atoms with Crippen LogP contribution < -0.4 is 0 Å². The molecule has 0 N–H and O–H groups in total. The van der Waals surface area contributed by atoms with E-state index >= 15 is 0 Å². The Morgan fingerprint density at radius 2 is 2.24 bits per heavy atom. The molecule has 1 aromatic heterocycles. The fourth-order valence-electron chi connectivity index (χ4n) is 0.993. The van der Waals surface area contributed by atoms with Crippen LogP contribution in [-0.2, 0) is 16.1 Å². The molecule has 17 heavy (non-hydrogen) atoms. The molecule has 1 heterocycles. The third kappa shape index (κ3) is 4.30. The number of furan rings is 1. The van der Waals surface area contributed by atoms with Crippen LogP contribution in [0.3, 0.4) is 0 Å². The monoisotopic (exact) mass is 242 g/mol. The van der Waals surface area contributed by atoms with Gasteiger partial charge in [0, 0.05) is 1.43 Å². The summed E-state index contributed by atoms with van der Waals surface area (Å²) in [6.45, 7) is 5.46. The SMILES string of the molecule is CCC(C)(C)OC(=O)OCc1ccc(C=O)o1.[HH]. The molecular weight excluding hydrogens is 224 g/mol. The number of carbonyl (C=O) groups excluding carboxylic acids is 2. The molecule has 0 fully saturated rings. The van der Waals surface area contributed by atoms with Crippen molar-refractivity contribution in [1.82, 2.24) is 0 Å². The number of carbonyl (C=O) groups is 2. The molecule has 0 aliphatic carbocycles. The van der Waals surface area contributed by atoms with Crippen LogP contribution in [0.15, 0.2) is 16.5 Å². The summed E-state index contributed by atoms with van der Waals surface area (Å²) < 4.78 is 15.0. The third-order valence-electron chi connectivity index (χ3n) is 2.34. The molecule has 0 amide bonds. The summed E-state index contributed by atoms with van der Waals surface area (Å²) in [6, 6.07) is 3.08. The predicted octanol–water partition coefficient (Wildman–Crippen LogP) is 3.18. The first-order valence-corrected chi connectivity index (χ1v) is 5.36. The van der Waals surface area contributed by atoms with Crippen LogP contribution >= 0.6 is 0 Å². The van der Waals surface area contributed by atoms with Crippen molar-refractivity contribution < 1.29 is 24.9 Å². The van der Waals surface area contributed by atoms with Gasteiger partial charge in [0.2, 0.25) is 0 Å². The van der Waals surface area contributed by atoms with Crippen molar-refractivity contribution in [3.05, 3.63) is 23.7 Å². The Bertz CT molecular complexity index is 397. The summed E-state index contributed by atoms with van der Waals surface area (Å²) in [5, 5.41) is 0. The molecule has 5 heteroatoms. The highest BCUT2D eigenvalue weighted by molar-refractivity contribution is 5.70. The molecule has 0 radical (unpaired) electrons. The minimum absolute atomic E-state index is 0. The zero-order chi connectivity index (χ0) is 12.9. The topological polar surface area (TPSA) is 65.7 Å². The minimum atomic E-state index is -0.749. The Morgan fingerprint density at radius 1 is 1.53 bits per heavy atom. The summed E-state index contributed by atoms with van der Waals surface area (Å²) in [7, 11) is 0. The van der Waals surface area contributed by atoms with Crippen LogP contribution in [0.1, 0.15) is 44.9 Å². The van der Waals surface area contributed by atoms with Crippen LogP contribution in [0.4, 0.5) is 4.79 Å². The summed E-state index contributed by atoms with van der Waals surface area (Å²) in [4.78, 5) is 21.7. The van der Waals surface area contributed by atoms with Crippen LogP contribution in [0.2, 0.25) is 0 Å². The quantitative estimate of drug-likeness (QED) is 0.586. The Kier molecular flexibility index (Phi) is 4.31. The van der Waals surface area contributed by atoms with Crippen molar-refractivity contribution in [2.45, 2.75) is 39.4 Å². The zero-order valence-electron chi connectivity index (χ0n) is 10.2. The largest absolute Gasteiger partial charge is 0.509 e. The second-order valence-electron chi connectivity index (χ2n) is 4.18.